The van der Waals surface area contributed by atoms with E-state index in [0.29, 0.717) is 0 Å². The molecular formula is C40H50. The molecule has 0 bridgehead atoms. The van der Waals surface area contributed by atoms with Crippen LogP contribution in [-0.4, -0.2) is 0 Å². The van der Waals surface area contributed by atoms with Gasteiger partial charge in [0.25, 0.3) is 0 Å². The monoisotopic (exact) mass is 530 g/mol. The Hall–Kier alpha value is -3.90. The molecule has 0 heterocycles. The second-order valence-corrected chi connectivity index (χ2v) is 10.6. The van der Waals surface area contributed by atoms with E-state index in [2.05, 4.69) is 145 Å². The van der Waals surface area contributed by atoms with Crippen LogP contribution < -0.4 is 0 Å². The standard InChI is InChI=1S/C20H22.C16H20.C4H8/c1-15(2)17(4)13-18-9-11-20(12-10-18)14-19-7-5-16(3)6-8-19;1-5-8-16(13(4)6-2)15-11-9-14(7-3)10-12-15;1-4(2)3/h5-13H,1,14H2,2-4H3;5-6,8-12H,1,7H2,2-4H3;1H2,2-3H3/b17-13+;13-6-,16-8+;. The number of hydrogen-bond donors (Lipinski definition) is 0. The van der Waals surface area contributed by atoms with Gasteiger partial charge in [0.15, 0.2) is 0 Å². The topological polar surface area (TPSA) is 0 Å². The average molecular weight is 531 g/mol. The van der Waals surface area contributed by atoms with Crippen LogP contribution in [0.3, 0.4) is 0 Å². The lowest BCUT2D eigenvalue weighted by molar-refractivity contribution is 1.14. The summed E-state index contributed by atoms with van der Waals surface area (Å²) in [5, 5.41) is 0. The van der Waals surface area contributed by atoms with Crippen LogP contribution in [0, 0.1) is 6.92 Å². The van der Waals surface area contributed by atoms with Gasteiger partial charge in [0.2, 0.25) is 0 Å². The first-order valence-electron chi connectivity index (χ1n) is 14.2. The zero-order valence-electron chi connectivity index (χ0n) is 26.3. The smallest absolute Gasteiger partial charge is 0.00258 e. The SMILES string of the molecule is C=C(C)/C(C)=C/c1ccc(Cc2ccc(C)cc2)cc1.C=C(C)C.C=C/C=C(\C(C)=C/C)c1ccc(CC)cc1. The normalized spacial score (nSPS) is 11.4. The number of aryl methyl sites for hydroxylation is 2. The molecule has 0 aliphatic heterocycles. The van der Waals surface area contributed by atoms with Gasteiger partial charge in [-0.15, -0.1) is 6.58 Å². The lowest BCUT2D eigenvalue weighted by Crippen LogP contribution is -1.88. The van der Waals surface area contributed by atoms with Gasteiger partial charge in [-0.05, 0) is 106 Å². The molecule has 0 radical (unpaired) electrons. The summed E-state index contributed by atoms with van der Waals surface area (Å²) in [6.07, 6.45) is 10.3. The molecule has 0 spiro atoms. The molecule has 210 valence electrons. The second kappa shape index (κ2) is 18.4. The van der Waals surface area contributed by atoms with Crippen molar-refractivity contribution in [1.82, 2.24) is 0 Å². The van der Waals surface area contributed by atoms with E-state index in [1.807, 2.05) is 26.8 Å². The Morgan fingerprint density at radius 3 is 1.60 bits per heavy atom. The zero-order chi connectivity index (χ0) is 30.1. The summed E-state index contributed by atoms with van der Waals surface area (Å²) >= 11 is 0. The van der Waals surface area contributed by atoms with Gasteiger partial charge in [0.1, 0.15) is 0 Å². The molecular weight excluding hydrogens is 480 g/mol. The van der Waals surface area contributed by atoms with Crippen LogP contribution in [0.2, 0.25) is 0 Å². The van der Waals surface area contributed by atoms with Crippen molar-refractivity contribution in [2.75, 3.05) is 0 Å². The highest BCUT2D eigenvalue weighted by molar-refractivity contribution is 5.79. The Bertz CT molecular complexity index is 1300. The van der Waals surface area contributed by atoms with E-state index in [0.717, 1.165) is 18.4 Å². The molecule has 0 heteroatoms. The summed E-state index contributed by atoms with van der Waals surface area (Å²) in [6, 6.07) is 26.3. The largest absolute Gasteiger partial charge is 0.100 e. The van der Waals surface area contributed by atoms with Crippen molar-refractivity contribution in [1.29, 1.82) is 0 Å². The maximum atomic E-state index is 3.96. The molecule has 40 heavy (non-hydrogen) atoms. The fourth-order valence-corrected chi connectivity index (χ4v) is 3.70. The minimum absolute atomic E-state index is 0.990. The second-order valence-electron chi connectivity index (χ2n) is 10.6. The van der Waals surface area contributed by atoms with Crippen LogP contribution in [-0.2, 0) is 12.8 Å². The zero-order valence-corrected chi connectivity index (χ0v) is 26.3. The third-order valence-electron chi connectivity index (χ3n) is 6.38. The molecule has 0 saturated carbocycles. The molecule has 0 aliphatic rings. The van der Waals surface area contributed by atoms with Crippen LogP contribution in [0.4, 0.5) is 0 Å². The Kier molecular flexibility index (Phi) is 15.7. The molecule has 0 nitrogen and oxygen atoms in total. The van der Waals surface area contributed by atoms with Crippen molar-refractivity contribution < 1.29 is 0 Å². The summed E-state index contributed by atoms with van der Waals surface area (Å²) in [7, 11) is 0. The molecule has 3 rings (SSSR count). The van der Waals surface area contributed by atoms with E-state index in [9.17, 15) is 0 Å². The Morgan fingerprint density at radius 2 is 1.18 bits per heavy atom. The first kappa shape index (κ1) is 34.1. The highest BCUT2D eigenvalue weighted by Gasteiger charge is 2.02. The Labute approximate surface area is 245 Å². The fourth-order valence-electron chi connectivity index (χ4n) is 3.70. The minimum Gasteiger partial charge on any atom is -0.100 e. The molecule has 0 amide bonds. The van der Waals surface area contributed by atoms with E-state index in [4.69, 9.17) is 0 Å². The number of allylic oxidation sites excluding steroid dienone is 8. The van der Waals surface area contributed by atoms with Crippen molar-refractivity contribution in [3.8, 4) is 0 Å². The number of rotatable bonds is 8. The lowest BCUT2D eigenvalue weighted by atomic mass is 9.97. The van der Waals surface area contributed by atoms with E-state index in [1.54, 1.807) is 0 Å². The third kappa shape index (κ3) is 13.3. The van der Waals surface area contributed by atoms with E-state index in [-0.39, 0.29) is 0 Å². The van der Waals surface area contributed by atoms with Crippen LogP contribution >= 0.6 is 0 Å². The van der Waals surface area contributed by atoms with E-state index in [1.165, 1.54) is 55.7 Å². The van der Waals surface area contributed by atoms with Gasteiger partial charge in [0.05, 0.1) is 0 Å². The molecule has 3 aromatic carbocycles. The maximum Gasteiger partial charge on any atom is -0.00258 e. The molecule has 0 fully saturated rings. The van der Waals surface area contributed by atoms with Gasteiger partial charge in [-0.25, -0.2) is 0 Å². The van der Waals surface area contributed by atoms with Gasteiger partial charge >= 0.3 is 0 Å². The lowest BCUT2D eigenvalue weighted by Gasteiger charge is -2.08. The van der Waals surface area contributed by atoms with E-state index < -0.39 is 0 Å². The van der Waals surface area contributed by atoms with Crippen LogP contribution in [0.25, 0.3) is 11.6 Å². The van der Waals surface area contributed by atoms with Crippen molar-refractivity contribution >= 4 is 11.6 Å². The summed E-state index contributed by atoms with van der Waals surface area (Å²) < 4.78 is 0. The van der Waals surface area contributed by atoms with Crippen molar-refractivity contribution in [3.05, 3.63) is 166 Å². The third-order valence-corrected chi connectivity index (χ3v) is 6.38. The number of hydrogen-bond acceptors (Lipinski definition) is 0. The fraction of sp³-hybridized carbons (Fsp3) is 0.250. The van der Waals surface area contributed by atoms with Crippen molar-refractivity contribution in [3.63, 3.8) is 0 Å². The first-order chi connectivity index (χ1) is 19.0. The molecule has 0 atom stereocenters. The average Bonchev–Trinajstić information content (AvgIpc) is 2.93. The molecule has 3 aromatic rings. The van der Waals surface area contributed by atoms with Crippen LogP contribution in [0.1, 0.15) is 81.8 Å². The Morgan fingerprint density at radius 1 is 0.700 bits per heavy atom. The summed E-state index contributed by atoms with van der Waals surface area (Å²) in [5.74, 6) is 0. The quantitative estimate of drug-likeness (QED) is 0.201. The number of benzene rings is 3. The molecule has 0 aliphatic carbocycles. The van der Waals surface area contributed by atoms with Crippen molar-refractivity contribution in [2.24, 2.45) is 0 Å². The minimum atomic E-state index is 0.990. The maximum absolute atomic E-state index is 3.96. The van der Waals surface area contributed by atoms with Gasteiger partial charge < -0.3 is 0 Å². The molecule has 0 N–H and O–H groups in total. The Balaban J connectivity index is 0.000000360. The first-order valence-corrected chi connectivity index (χ1v) is 14.2. The summed E-state index contributed by atoms with van der Waals surface area (Å²) in [4.78, 5) is 0. The predicted molar refractivity (Wildman–Crippen MR) is 183 cm³/mol. The van der Waals surface area contributed by atoms with Crippen LogP contribution in [0.15, 0.2) is 133 Å². The van der Waals surface area contributed by atoms with Crippen molar-refractivity contribution in [2.45, 2.75) is 68.2 Å². The van der Waals surface area contributed by atoms with Gasteiger partial charge in [-0.1, -0.05) is 134 Å². The highest BCUT2D eigenvalue weighted by Crippen LogP contribution is 2.23. The van der Waals surface area contributed by atoms with Gasteiger partial charge in [-0.2, -0.15) is 0 Å². The van der Waals surface area contributed by atoms with Gasteiger partial charge in [0, 0.05) is 0 Å². The van der Waals surface area contributed by atoms with Gasteiger partial charge in [-0.3, -0.25) is 0 Å². The molecule has 0 aromatic heterocycles. The van der Waals surface area contributed by atoms with E-state index >= 15 is 0 Å². The van der Waals surface area contributed by atoms with Crippen LogP contribution in [0.5, 0.6) is 0 Å². The molecule has 0 unspecified atom stereocenters. The summed E-state index contributed by atoms with van der Waals surface area (Å²) in [5.41, 5.74) is 13.9. The molecule has 0 saturated heterocycles. The summed E-state index contributed by atoms with van der Waals surface area (Å²) in [6.45, 7) is 27.9. The predicted octanol–water partition coefficient (Wildman–Crippen LogP) is 11.9. The highest BCUT2D eigenvalue weighted by atomic mass is 14.1.